The fraction of sp³-hybridized carbons (Fsp3) is 0.591. The standard InChI is InChI=1S/C22H28N2O4/c25-20(15-5-1-2-6-15)23-11-9-16(10-12-23)21(26)24-14-18-8-4-3-7-17(18)13-19(24)22(27)28/h3-4,7-8,15-16,19H,1-2,5-6,9-14H2,(H,27,28)/t19-/m1/s1. The van der Waals surface area contributed by atoms with E-state index in [0.29, 0.717) is 38.9 Å². The molecule has 0 unspecified atom stereocenters. The van der Waals surface area contributed by atoms with Gasteiger partial charge in [-0.25, -0.2) is 4.79 Å². The topological polar surface area (TPSA) is 77.9 Å². The van der Waals surface area contributed by atoms with E-state index in [1.165, 1.54) is 0 Å². The first-order chi connectivity index (χ1) is 13.5. The van der Waals surface area contributed by atoms with E-state index in [9.17, 15) is 19.5 Å². The molecule has 1 aromatic rings. The smallest absolute Gasteiger partial charge is 0.326 e. The first kappa shape index (κ1) is 19.0. The predicted molar refractivity (Wildman–Crippen MR) is 103 cm³/mol. The van der Waals surface area contributed by atoms with Crippen molar-refractivity contribution < 1.29 is 19.5 Å². The van der Waals surface area contributed by atoms with E-state index in [-0.39, 0.29) is 23.7 Å². The number of hydrogen-bond donors (Lipinski definition) is 1. The van der Waals surface area contributed by atoms with Crippen LogP contribution in [0.5, 0.6) is 0 Å². The second-order valence-electron chi connectivity index (χ2n) is 8.37. The molecule has 1 atom stereocenters. The molecule has 28 heavy (non-hydrogen) atoms. The summed E-state index contributed by atoms with van der Waals surface area (Å²) in [6.07, 6.45) is 5.87. The van der Waals surface area contributed by atoms with Crippen LogP contribution in [-0.2, 0) is 27.3 Å². The number of benzene rings is 1. The Bertz CT molecular complexity index is 764. The highest BCUT2D eigenvalue weighted by Crippen LogP contribution is 2.31. The average Bonchev–Trinajstić information content (AvgIpc) is 3.26. The van der Waals surface area contributed by atoms with Crippen molar-refractivity contribution in [2.24, 2.45) is 11.8 Å². The minimum atomic E-state index is -0.947. The lowest BCUT2D eigenvalue weighted by Crippen LogP contribution is -2.52. The summed E-state index contributed by atoms with van der Waals surface area (Å²) < 4.78 is 0. The van der Waals surface area contributed by atoms with E-state index in [1.807, 2.05) is 29.2 Å². The molecule has 0 aromatic heterocycles. The largest absolute Gasteiger partial charge is 0.480 e. The number of aliphatic carboxylic acids is 1. The molecule has 2 heterocycles. The van der Waals surface area contributed by atoms with Gasteiger partial charge in [-0.15, -0.1) is 0 Å². The van der Waals surface area contributed by atoms with Gasteiger partial charge in [-0.1, -0.05) is 37.1 Å². The number of fused-ring (bicyclic) bond motifs is 1. The third kappa shape index (κ3) is 3.64. The minimum Gasteiger partial charge on any atom is -0.480 e. The van der Waals surface area contributed by atoms with Crippen LogP contribution in [-0.4, -0.2) is 51.8 Å². The van der Waals surface area contributed by atoms with Crippen molar-refractivity contribution >= 4 is 17.8 Å². The van der Waals surface area contributed by atoms with Gasteiger partial charge in [0.25, 0.3) is 0 Å². The summed E-state index contributed by atoms with van der Waals surface area (Å²) in [6.45, 7) is 1.56. The lowest BCUT2D eigenvalue weighted by atomic mass is 9.89. The van der Waals surface area contributed by atoms with Crippen LogP contribution in [0, 0.1) is 11.8 Å². The molecular formula is C22H28N2O4. The summed E-state index contributed by atoms with van der Waals surface area (Å²) >= 11 is 0. The van der Waals surface area contributed by atoms with E-state index in [4.69, 9.17) is 0 Å². The van der Waals surface area contributed by atoms with Crippen LogP contribution >= 0.6 is 0 Å². The highest BCUT2D eigenvalue weighted by molar-refractivity contribution is 5.86. The number of piperidine rings is 1. The van der Waals surface area contributed by atoms with Gasteiger partial charge < -0.3 is 14.9 Å². The van der Waals surface area contributed by atoms with E-state index in [0.717, 1.165) is 36.8 Å². The first-order valence-corrected chi connectivity index (χ1v) is 10.4. The maximum absolute atomic E-state index is 13.2. The number of amides is 2. The Labute approximate surface area is 165 Å². The number of nitrogens with zero attached hydrogens (tertiary/aromatic N) is 2. The summed E-state index contributed by atoms with van der Waals surface area (Å²) in [7, 11) is 0. The van der Waals surface area contributed by atoms with Crippen molar-refractivity contribution in [2.75, 3.05) is 13.1 Å². The summed E-state index contributed by atoms with van der Waals surface area (Å²) in [4.78, 5) is 41.0. The number of carbonyl (C=O) groups is 3. The van der Waals surface area contributed by atoms with E-state index in [1.54, 1.807) is 4.90 Å². The molecule has 6 nitrogen and oxygen atoms in total. The minimum absolute atomic E-state index is 0.0742. The van der Waals surface area contributed by atoms with Crippen molar-refractivity contribution in [3.05, 3.63) is 35.4 Å². The van der Waals surface area contributed by atoms with Crippen LogP contribution in [0.15, 0.2) is 24.3 Å². The van der Waals surface area contributed by atoms with Crippen LogP contribution in [0.4, 0.5) is 0 Å². The van der Waals surface area contributed by atoms with Gasteiger partial charge in [0.2, 0.25) is 11.8 Å². The van der Waals surface area contributed by atoms with Gasteiger partial charge in [-0.3, -0.25) is 9.59 Å². The van der Waals surface area contributed by atoms with E-state index >= 15 is 0 Å². The predicted octanol–water partition coefficient (Wildman–Crippen LogP) is 2.45. The van der Waals surface area contributed by atoms with Crippen LogP contribution in [0.3, 0.4) is 0 Å². The van der Waals surface area contributed by atoms with Gasteiger partial charge in [0.1, 0.15) is 6.04 Å². The van der Waals surface area contributed by atoms with Gasteiger partial charge in [-0.05, 0) is 36.8 Å². The Kier molecular flexibility index (Phi) is 5.38. The summed E-state index contributed by atoms with van der Waals surface area (Å²) in [6, 6.07) is 6.94. The summed E-state index contributed by atoms with van der Waals surface area (Å²) in [5.41, 5.74) is 2.04. The van der Waals surface area contributed by atoms with Crippen LogP contribution in [0.25, 0.3) is 0 Å². The van der Waals surface area contributed by atoms with Crippen molar-refractivity contribution in [2.45, 2.75) is 57.5 Å². The number of carbonyl (C=O) groups excluding carboxylic acids is 2. The van der Waals surface area contributed by atoms with Gasteiger partial charge in [0, 0.05) is 37.9 Å². The normalized spacial score (nSPS) is 23.5. The second-order valence-corrected chi connectivity index (χ2v) is 8.37. The molecule has 1 aliphatic carbocycles. The Morgan fingerprint density at radius 3 is 2.11 bits per heavy atom. The molecule has 6 heteroatoms. The zero-order chi connectivity index (χ0) is 19.7. The van der Waals surface area contributed by atoms with Crippen molar-refractivity contribution in [1.82, 2.24) is 9.80 Å². The third-order valence-corrected chi connectivity index (χ3v) is 6.68. The molecule has 0 spiro atoms. The molecule has 1 N–H and O–H groups in total. The zero-order valence-corrected chi connectivity index (χ0v) is 16.2. The molecule has 1 saturated carbocycles. The SMILES string of the molecule is O=C(O)[C@H]1Cc2ccccc2CN1C(=O)C1CCN(C(=O)C2CCCC2)CC1. The maximum atomic E-state index is 13.2. The lowest BCUT2D eigenvalue weighted by Gasteiger charge is -2.39. The Morgan fingerprint density at radius 2 is 1.46 bits per heavy atom. The van der Waals surface area contributed by atoms with Crippen molar-refractivity contribution in [3.63, 3.8) is 0 Å². The first-order valence-electron chi connectivity index (χ1n) is 10.4. The second kappa shape index (κ2) is 7.94. The van der Waals surface area contributed by atoms with Crippen molar-refractivity contribution in [3.8, 4) is 0 Å². The van der Waals surface area contributed by atoms with Crippen LogP contribution in [0.1, 0.15) is 49.7 Å². The highest BCUT2D eigenvalue weighted by Gasteiger charge is 2.39. The summed E-state index contributed by atoms with van der Waals surface area (Å²) in [5.74, 6) is -0.799. The zero-order valence-electron chi connectivity index (χ0n) is 16.2. The average molecular weight is 384 g/mol. The fourth-order valence-corrected chi connectivity index (χ4v) is 4.99. The van der Waals surface area contributed by atoms with Gasteiger partial charge >= 0.3 is 5.97 Å². The fourth-order valence-electron chi connectivity index (χ4n) is 4.99. The monoisotopic (exact) mass is 384 g/mol. The molecular weight excluding hydrogens is 356 g/mol. The molecule has 4 rings (SSSR count). The highest BCUT2D eigenvalue weighted by atomic mass is 16.4. The summed E-state index contributed by atoms with van der Waals surface area (Å²) in [5, 5.41) is 9.67. The molecule has 2 aliphatic heterocycles. The molecule has 3 aliphatic rings. The Morgan fingerprint density at radius 1 is 0.857 bits per heavy atom. The number of carboxylic acid groups (broad SMARTS) is 1. The van der Waals surface area contributed by atoms with E-state index in [2.05, 4.69) is 0 Å². The van der Waals surface area contributed by atoms with E-state index < -0.39 is 12.0 Å². The molecule has 2 fully saturated rings. The lowest BCUT2D eigenvalue weighted by molar-refractivity contribution is -0.154. The third-order valence-electron chi connectivity index (χ3n) is 6.68. The molecule has 0 bridgehead atoms. The maximum Gasteiger partial charge on any atom is 0.326 e. The number of hydrogen-bond acceptors (Lipinski definition) is 3. The quantitative estimate of drug-likeness (QED) is 0.868. The molecule has 0 radical (unpaired) electrons. The number of rotatable bonds is 3. The Balaban J connectivity index is 1.41. The van der Waals surface area contributed by atoms with Gasteiger partial charge in [0.15, 0.2) is 0 Å². The number of carboxylic acids is 1. The molecule has 1 aromatic carbocycles. The van der Waals surface area contributed by atoms with Crippen LogP contribution < -0.4 is 0 Å². The van der Waals surface area contributed by atoms with Gasteiger partial charge in [-0.2, -0.15) is 0 Å². The van der Waals surface area contributed by atoms with Crippen LogP contribution in [0.2, 0.25) is 0 Å². The molecule has 2 amide bonds. The Hall–Kier alpha value is -2.37. The molecule has 1 saturated heterocycles. The molecule has 150 valence electrons. The number of likely N-dealkylation sites (tertiary alicyclic amines) is 1. The van der Waals surface area contributed by atoms with Gasteiger partial charge in [0.05, 0.1) is 0 Å². The van der Waals surface area contributed by atoms with Crippen molar-refractivity contribution in [1.29, 1.82) is 0 Å².